The van der Waals surface area contributed by atoms with E-state index in [0.717, 1.165) is 19.6 Å². The van der Waals surface area contributed by atoms with Gasteiger partial charge in [-0.25, -0.2) is 4.98 Å². The zero-order valence-corrected chi connectivity index (χ0v) is 9.62. The minimum atomic E-state index is -0.234. The molecule has 1 fully saturated rings. The summed E-state index contributed by atoms with van der Waals surface area (Å²) in [6, 6.07) is 0. The van der Waals surface area contributed by atoms with Gasteiger partial charge in [0, 0.05) is 12.5 Å². The average Bonchev–Trinajstić information content (AvgIpc) is 2.73. The van der Waals surface area contributed by atoms with Crippen LogP contribution in [0.4, 0.5) is 0 Å². The van der Waals surface area contributed by atoms with E-state index >= 15 is 0 Å². The van der Waals surface area contributed by atoms with Gasteiger partial charge in [-0.15, -0.1) is 0 Å². The van der Waals surface area contributed by atoms with Gasteiger partial charge in [0.2, 0.25) is 5.88 Å². The second-order valence-electron chi connectivity index (χ2n) is 3.39. The summed E-state index contributed by atoms with van der Waals surface area (Å²) in [5.74, 6) is 0.739. The molecular weight excluding hydrogens is 264 g/mol. The number of H-pyrrole nitrogens is 1. The normalized spacial score (nSPS) is 20.5. The van der Waals surface area contributed by atoms with Crippen LogP contribution in [0.2, 0.25) is 0 Å². The Morgan fingerprint density at radius 2 is 2.60 bits per heavy atom. The van der Waals surface area contributed by atoms with Crippen molar-refractivity contribution in [2.45, 2.75) is 6.42 Å². The molecule has 0 aliphatic carbocycles. The number of hydrogen-bond donors (Lipinski definition) is 1. The summed E-state index contributed by atoms with van der Waals surface area (Å²) < 4.78 is 11.0. The molecule has 1 atom stereocenters. The number of nitrogens with zero attached hydrogens (tertiary/aromatic N) is 1. The molecule has 1 N–H and O–H groups in total. The van der Waals surface area contributed by atoms with Crippen molar-refractivity contribution >= 4 is 15.9 Å². The second-order valence-corrected chi connectivity index (χ2v) is 4.18. The molecule has 1 aliphatic heterocycles. The lowest BCUT2D eigenvalue weighted by Crippen LogP contribution is -2.15. The number of nitrogens with one attached hydrogen (secondary N) is 1. The first-order valence-electron chi connectivity index (χ1n) is 4.71. The van der Waals surface area contributed by atoms with Crippen LogP contribution in [0.1, 0.15) is 6.42 Å². The quantitative estimate of drug-likeness (QED) is 0.892. The first kappa shape index (κ1) is 10.6. The first-order valence-corrected chi connectivity index (χ1v) is 5.50. The number of aromatic amines is 1. The van der Waals surface area contributed by atoms with Crippen molar-refractivity contribution < 1.29 is 9.47 Å². The Morgan fingerprint density at radius 3 is 3.33 bits per heavy atom. The Kier molecular flexibility index (Phi) is 3.37. The molecule has 1 unspecified atom stereocenters. The van der Waals surface area contributed by atoms with Gasteiger partial charge < -0.3 is 14.5 Å². The minimum absolute atomic E-state index is 0.234. The van der Waals surface area contributed by atoms with Crippen LogP contribution >= 0.6 is 15.9 Å². The highest BCUT2D eigenvalue weighted by atomic mass is 79.9. The standard InChI is InChI=1S/C9H11BrN2O3/c10-7-8(13)11-5-12-9(7)15-4-6-1-2-14-3-6/h5-6H,1-4H2,(H,11,12,13). The van der Waals surface area contributed by atoms with E-state index in [4.69, 9.17) is 9.47 Å². The van der Waals surface area contributed by atoms with E-state index in [0.29, 0.717) is 22.9 Å². The van der Waals surface area contributed by atoms with E-state index in [-0.39, 0.29) is 5.56 Å². The van der Waals surface area contributed by atoms with Crippen LogP contribution < -0.4 is 10.3 Å². The second kappa shape index (κ2) is 4.76. The SMILES string of the molecule is O=c1[nH]cnc(OCC2CCOC2)c1Br. The molecule has 0 amide bonds. The molecule has 1 aliphatic rings. The molecule has 5 nitrogen and oxygen atoms in total. The summed E-state index contributed by atoms with van der Waals surface area (Å²) in [6.45, 7) is 2.05. The molecule has 0 saturated carbocycles. The van der Waals surface area contributed by atoms with Gasteiger partial charge in [0.05, 0.1) is 19.5 Å². The third-order valence-corrected chi connectivity index (χ3v) is 2.94. The van der Waals surface area contributed by atoms with Gasteiger partial charge in [0.15, 0.2) is 0 Å². The Bertz CT molecular complexity index is 387. The Labute approximate surface area is 94.9 Å². The first-order chi connectivity index (χ1) is 7.27. The predicted molar refractivity (Wildman–Crippen MR) is 57.0 cm³/mol. The summed E-state index contributed by atoms with van der Waals surface area (Å²) in [4.78, 5) is 17.6. The van der Waals surface area contributed by atoms with Crippen molar-refractivity contribution in [1.82, 2.24) is 9.97 Å². The lowest BCUT2D eigenvalue weighted by atomic mass is 10.1. The minimum Gasteiger partial charge on any atom is -0.476 e. The number of ether oxygens (including phenoxy) is 2. The van der Waals surface area contributed by atoms with Crippen LogP contribution in [0.25, 0.3) is 0 Å². The smallest absolute Gasteiger partial charge is 0.268 e. The molecule has 2 rings (SSSR count). The highest BCUT2D eigenvalue weighted by Crippen LogP contribution is 2.19. The maximum atomic E-state index is 11.2. The van der Waals surface area contributed by atoms with E-state index in [1.807, 2.05) is 0 Å². The van der Waals surface area contributed by atoms with E-state index in [2.05, 4.69) is 25.9 Å². The topological polar surface area (TPSA) is 64.2 Å². The third-order valence-electron chi connectivity index (χ3n) is 2.24. The molecule has 2 heterocycles. The van der Waals surface area contributed by atoms with Gasteiger partial charge in [-0.3, -0.25) is 4.79 Å². The van der Waals surface area contributed by atoms with E-state index in [1.54, 1.807) is 0 Å². The fraction of sp³-hybridized carbons (Fsp3) is 0.556. The van der Waals surface area contributed by atoms with Crippen molar-refractivity contribution in [3.63, 3.8) is 0 Å². The lowest BCUT2D eigenvalue weighted by molar-refractivity contribution is 0.165. The van der Waals surface area contributed by atoms with E-state index < -0.39 is 0 Å². The molecule has 0 radical (unpaired) electrons. The zero-order valence-electron chi connectivity index (χ0n) is 8.03. The largest absolute Gasteiger partial charge is 0.476 e. The van der Waals surface area contributed by atoms with Crippen molar-refractivity contribution in [1.29, 1.82) is 0 Å². The van der Waals surface area contributed by atoms with Crippen LogP contribution in [-0.4, -0.2) is 29.8 Å². The maximum absolute atomic E-state index is 11.2. The molecule has 1 aromatic heterocycles. The van der Waals surface area contributed by atoms with Crippen molar-refractivity contribution in [2.75, 3.05) is 19.8 Å². The van der Waals surface area contributed by atoms with Gasteiger partial charge in [-0.2, -0.15) is 0 Å². The molecule has 1 aromatic rings. The average molecular weight is 275 g/mol. The third kappa shape index (κ3) is 2.57. The Balaban J connectivity index is 1.98. The fourth-order valence-electron chi connectivity index (χ4n) is 1.38. The van der Waals surface area contributed by atoms with Gasteiger partial charge in [-0.1, -0.05) is 0 Å². The monoisotopic (exact) mass is 274 g/mol. The van der Waals surface area contributed by atoms with Gasteiger partial charge in [-0.05, 0) is 22.4 Å². The number of halogens is 1. The molecule has 15 heavy (non-hydrogen) atoms. The summed E-state index contributed by atoms with van der Waals surface area (Å²) in [5, 5.41) is 0. The lowest BCUT2D eigenvalue weighted by Gasteiger charge is -2.09. The molecular formula is C9H11BrN2O3. The fourth-order valence-corrected chi connectivity index (χ4v) is 1.71. The summed E-state index contributed by atoms with van der Waals surface area (Å²) in [7, 11) is 0. The van der Waals surface area contributed by atoms with Crippen LogP contribution in [0.5, 0.6) is 5.88 Å². The molecule has 0 spiro atoms. The molecule has 0 aromatic carbocycles. The van der Waals surface area contributed by atoms with E-state index in [1.165, 1.54) is 6.33 Å². The number of hydrogen-bond acceptors (Lipinski definition) is 4. The van der Waals surface area contributed by atoms with Gasteiger partial charge in [0.1, 0.15) is 4.47 Å². The number of aromatic nitrogens is 2. The molecule has 6 heteroatoms. The van der Waals surface area contributed by atoms with Crippen LogP contribution in [0.15, 0.2) is 15.6 Å². The number of rotatable bonds is 3. The van der Waals surface area contributed by atoms with Crippen LogP contribution in [0, 0.1) is 5.92 Å². The predicted octanol–water partition coefficient (Wildman–Crippen LogP) is 0.948. The molecule has 1 saturated heterocycles. The van der Waals surface area contributed by atoms with Crippen LogP contribution in [0.3, 0.4) is 0 Å². The molecule has 0 bridgehead atoms. The van der Waals surface area contributed by atoms with Gasteiger partial charge in [0.25, 0.3) is 5.56 Å². The highest BCUT2D eigenvalue weighted by molar-refractivity contribution is 9.10. The summed E-state index contributed by atoms with van der Waals surface area (Å²) >= 11 is 3.13. The Hall–Kier alpha value is -0.880. The summed E-state index contributed by atoms with van der Waals surface area (Å²) in [6.07, 6.45) is 2.33. The molecule has 82 valence electrons. The van der Waals surface area contributed by atoms with Crippen molar-refractivity contribution in [2.24, 2.45) is 5.92 Å². The maximum Gasteiger partial charge on any atom is 0.268 e. The zero-order chi connectivity index (χ0) is 10.7. The summed E-state index contributed by atoms with van der Waals surface area (Å²) in [5.41, 5.74) is -0.234. The van der Waals surface area contributed by atoms with Crippen molar-refractivity contribution in [3.05, 3.63) is 21.2 Å². The highest BCUT2D eigenvalue weighted by Gasteiger charge is 2.17. The van der Waals surface area contributed by atoms with E-state index in [9.17, 15) is 4.79 Å². The van der Waals surface area contributed by atoms with Crippen molar-refractivity contribution in [3.8, 4) is 5.88 Å². The van der Waals surface area contributed by atoms with Gasteiger partial charge >= 0.3 is 0 Å². The van der Waals surface area contributed by atoms with Crippen LogP contribution in [-0.2, 0) is 4.74 Å². The Morgan fingerprint density at radius 1 is 1.73 bits per heavy atom.